The van der Waals surface area contributed by atoms with Crippen LogP contribution < -0.4 is 5.56 Å². The van der Waals surface area contributed by atoms with E-state index < -0.39 is 0 Å². The molecule has 2 aromatic heterocycles. The molecule has 0 spiro atoms. The van der Waals surface area contributed by atoms with Gasteiger partial charge in [-0.3, -0.25) is 18.8 Å². The van der Waals surface area contributed by atoms with E-state index in [0.29, 0.717) is 37.5 Å². The summed E-state index contributed by atoms with van der Waals surface area (Å²) >= 11 is 1.37. The summed E-state index contributed by atoms with van der Waals surface area (Å²) in [7, 11) is 0. The zero-order valence-electron chi connectivity index (χ0n) is 17.0. The summed E-state index contributed by atoms with van der Waals surface area (Å²) in [4.78, 5) is 44.7. The van der Waals surface area contributed by atoms with E-state index in [1.54, 1.807) is 11.8 Å². The molecule has 1 aromatic carbocycles. The maximum Gasteiger partial charge on any atom is 0.309 e. The van der Waals surface area contributed by atoms with Crippen LogP contribution in [0.4, 0.5) is 0 Å². The Morgan fingerprint density at radius 1 is 1.20 bits per heavy atom. The van der Waals surface area contributed by atoms with E-state index in [2.05, 4.69) is 4.98 Å². The van der Waals surface area contributed by atoms with Crippen molar-refractivity contribution in [1.29, 1.82) is 0 Å². The monoisotopic (exact) mass is 425 g/mol. The fourth-order valence-corrected chi connectivity index (χ4v) is 4.57. The second-order valence-electron chi connectivity index (χ2n) is 7.40. The molecule has 7 nitrogen and oxygen atoms in total. The number of carbonyl (C=O) groups is 2. The molecule has 0 N–H and O–H groups in total. The van der Waals surface area contributed by atoms with Gasteiger partial charge in [-0.25, -0.2) is 4.98 Å². The molecule has 4 rings (SSSR count). The van der Waals surface area contributed by atoms with E-state index in [-0.39, 0.29) is 28.9 Å². The molecule has 0 unspecified atom stereocenters. The lowest BCUT2D eigenvalue weighted by Gasteiger charge is -2.30. The first kappa shape index (κ1) is 20.3. The predicted molar refractivity (Wildman–Crippen MR) is 115 cm³/mol. The third kappa shape index (κ3) is 3.75. The Bertz CT molecular complexity index is 1140. The minimum Gasteiger partial charge on any atom is -0.466 e. The van der Waals surface area contributed by atoms with E-state index in [1.807, 2.05) is 36.6 Å². The van der Waals surface area contributed by atoms with E-state index in [0.717, 1.165) is 16.8 Å². The van der Waals surface area contributed by atoms with Crippen LogP contribution in [0.25, 0.3) is 16.2 Å². The highest BCUT2D eigenvalue weighted by Gasteiger charge is 2.30. The Hall–Kier alpha value is -3.00. The van der Waals surface area contributed by atoms with Crippen molar-refractivity contribution in [2.24, 2.45) is 5.92 Å². The standard InChI is InChI=1S/C22H23N3O4S/c1-3-29-21(28)16-8-10-24(11-9-16)19(26)17-12-23-22-25(20(17)27)18(13-30-22)15-6-4-14(2)5-7-15/h4-7,12-13,16H,3,8-11H2,1-2H3. The van der Waals surface area contributed by atoms with Gasteiger partial charge in [0.05, 0.1) is 18.2 Å². The smallest absolute Gasteiger partial charge is 0.309 e. The summed E-state index contributed by atoms with van der Waals surface area (Å²) in [5, 5.41) is 1.88. The van der Waals surface area contributed by atoms with Gasteiger partial charge in [0.25, 0.3) is 11.5 Å². The molecule has 1 aliphatic heterocycles. The van der Waals surface area contributed by atoms with Crippen LogP contribution in [-0.2, 0) is 9.53 Å². The Morgan fingerprint density at radius 2 is 1.90 bits per heavy atom. The van der Waals surface area contributed by atoms with Crippen LogP contribution in [0.2, 0.25) is 0 Å². The van der Waals surface area contributed by atoms with Crippen molar-refractivity contribution in [3.05, 3.63) is 57.3 Å². The van der Waals surface area contributed by atoms with Gasteiger partial charge >= 0.3 is 5.97 Å². The van der Waals surface area contributed by atoms with E-state index in [1.165, 1.54) is 21.9 Å². The third-order valence-corrected chi connectivity index (χ3v) is 6.27. The van der Waals surface area contributed by atoms with Crippen molar-refractivity contribution in [3.8, 4) is 11.3 Å². The number of fused-ring (bicyclic) bond motifs is 1. The molecule has 8 heteroatoms. The van der Waals surface area contributed by atoms with Crippen LogP contribution in [0.15, 0.2) is 40.6 Å². The number of hydrogen-bond acceptors (Lipinski definition) is 6. The van der Waals surface area contributed by atoms with Gasteiger partial charge in [-0.15, -0.1) is 11.3 Å². The Labute approximate surface area is 177 Å². The summed E-state index contributed by atoms with van der Waals surface area (Å²) in [5.74, 6) is -0.750. The number of rotatable bonds is 4. The molecule has 1 amide bonds. The topological polar surface area (TPSA) is 81.0 Å². The maximum atomic E-state index is 13.2. The summed E-state index contributed by atoms with van der Waals surface area (Å²) < 4.78 is 6.59. The zero-order chi connectivity index (χ0) is 21.3. The number of amides is 1. The highest BCUT2D eigenvalue weighted by molar-refractivity contribution is 7.15. The van der Waals surface area contributed by atoms with E-state index in [4.69, 9.17) is 4.74 Å². The largest absolute Gasteiger partial charge is 0.466 e. The van der Waals surface area contributed by atoms with E-state index >= 15 is 0 Å². The molecular formula is C22H23N3O4S. The van der Waals surface area contributed by atoms with Crippen LogP contribution in [0.1, 0.15) is 35.7 Å². The highest BCUT2D eigenvalue weighted by Crippen LogP contribution is 2.25. The van der Waals surface area contributed by atoms with Gasteiger partial charge in [0.15, 0.2) is 4.96 Å². The SMILES string of the molecule is CCOC(=O)C1CCN(C(=O)c2cnc3scc(-c4ccc(C)cc4)n3c2=O)CC1. The van der Waals surface area contributed by atoms with Crippen molar-refractivity contribution in [2.45, 2.75) is 26.7 Å². The average molecular weight is 426 g/mol. The fraction of sp³-hybridized carbons (Fsp3) is 0.364. The molecule has 3 heterocycles. The molecule has 3 aromatic rings. The van der Waals surface area contributed by atoms with Crippen LogP contribution in [-0.4, -0.2) is 45.9 Å². The number of aromatic nitrogens is 2. The number of hydrogen-bond donors (Lipinski definition) is 0. The van der Waals surface area contributed by atoms with Gasteiger partial charge in [0, 0.05) is 24.7 Å². The number of likely N-dealkylation sites (tertiary alicyclic amines) is 1. The molecule has 0 aliphatic carbocycles. The number of carbonyl (C=O) groups excluding carboxylic acids is 2. The lowest BCUT2D eigenvalue weighted by atomic mass is 9.96. The highest BCUT2D eigenvalue weighted by atomic mass is 32.1. The number of nitrogens with zero attached hydrogens (tertiary/aromatic N) is 3. The summed E-state index contributed by atoms with van der Waals surface area (Å²) in [6.45, 7) is 4.97. The van der Waals surface area contributed by atoms with Crippen molar-refractivity contribution in [1.82, 2.24) is 14.3 Å². The van der Waals surface area contributed by atoms with Crippen LogP contribution >= 0.6 is 11.3 Å². The number of piperidine rings is 1. The van der Waals surface area contributed by atoms with Crippen molar-refractivity contribution in [3.63, 3.8) is 0 Å². The van der Waals surface area contributed by atoms with Crippen LogP contribution in [0.5, 0.6) is 0 Å². The van der Waals surface area contributed by atoms with Gasteiger partial charge < -0.3 is 9.64 Å². The van der Waals surface area contributed by atoms with Crippen LogP contribution in [0.3, 0.4) is 0 Å². The Kier molecular flexibility index (Phi) is 5.67. The lowest BCUT2D eigenvalue weighted by molar-refractivity contribution is -0.149. The molecule has 0 saturated carbocycles. The second kappa shape index (κ2) is 8.39. The van der Waals surface area contributed by atoms with Gasteiger partial charge in [-0.05, 0) is 32.3 Å². The summed E-state index contributed by atoms with van der Waals surface area (Å²) in [5.41, 5.74) is 2.44. The van der Waals surface area contributed by atoms with Gasteiger partial charge in [-0.1, -0.05) is 29.8 Å². The molecule has 0 atom stereocenters. The molecule has 1 aliphatic rings. The van der Waals surface area contributed by atoms with Crippen molar-refractivity contribution >= 4 is 28.2 Å². The van der Waals surface area contributed by atoms with E-state index in [9.17, 15) is 14.4 Å². The van der Waals surface area contributed by atoms with Gasteiger partial charge in [-0.2, -0.15) is 0 Å². The average Bonchev–Trinajstić information content (AvgIpc) is 3.19. The Morgan fingerprint density at radius 3 is 2.57 bits per heavy atom. The van der Waals surface area contributed by atoms with Crippen molar-refractivity contribution in [2.75, 3.05) is 19.7 Å². The first-order valence-electron chi connectivity index (χ1n) is 10.0. The van der Waals surface area contributed by atoms with Gasteiger partial charge in [0.2, 0.25) is 0 Å². The predicted octanol–water partition coefficient (Wildman–Crippen LogP) is 3.15. The molecule has 1 fully saturated rings. The first-order valence-corrected chi connectivity index (χ1v) is 10.9. The third-order valence-electron chi connectivity index (χ3n) is 5.43. The molecule has 1 saturated heterocycles. The van der Waals surface area contributed by atoms with Gasteiger partial charge in [0.1, 0.15) is 5.56 Å². The molecule has 156 valence electrons. The maximum absolute atomic E-state index is 13.2. The number of aryl methyl sites for hydroxylation is 1. The Balaban J connectivity index is 1.61. The minimum absolute atomic E-state index is 0.0499. The fourth-order valence-electron chi connectivity index (χ4n) is 3.71. The normalized spacial score (nSPS) is 14.8. The summed E-state index contributed by atoms with van der Waals surface area (Å²) in [6, 6.07) is 7.88. The second-order valence-corrected chi connectivity index (χ2v) is 8.24. The molecule has 30 heavy (non-hydrogen) atoms. The number of ether oxygens (including phenoxy) is 1. The van der Waals surface area contributed by atoms with Crippen LogP contribution in [0, 0.1) is 12.8 Å². The quantitative estimate of drug-likeness (QED) is 0.600. The molecule has 0 radical (unpaired) electrons. The summed E-state index contributed by atoms with van der Waals surface area (Å²) in [6.07, 6.45) is 2.44. The minimum atomic E-state index is -0.366. The lowest BCUT2D eigenvalue weighted by Crippen LogP contribution is -2.42. The first-order chi connectivity index (χ1) is 14.5. The van der Waals surface area contributed by atoms with Crippen molar-refractivity contribution < 1.29 is 14.3 Å². The molecule has 0 bridgehead atoms. The molecular weight excluding hydrogens is 402 g/mol. The number of thiazole rings is 1. The number of esters is 1. The number of benzene rings is 1. The zero-order valence-corrected chi connectivity index (χ0v) is 17.8.